The molecule has 1 N–H and O–H groups in total. The number of hydrogen-bond acceptors (Lipinski definition) is 3. The van der Waals surface area contributed by atoms with Gasteiger partial charge in [0.1, 0.15) is 5.75 Å². The monoisotopic (exact) mass is 389 g/mol. The predicted molar refractivity (Wildman–Crippen MR) is 112 cm³/mol. The second-order valence-electron chi connectivity index (χ2n) is 6.66. The molecule has 0 bridgehead atoms. The first kappa shape index (κ1) is 20.9. The van der Waals surface area contributed by atoms with Crippen LogP contribution >= 0.6 is 12.4 Å². The van der Waals surface area contributed by atoms with Crippen LogP contribution < -0.4 is 15.0 Å². The minimum atomic E-state index is -0.0171. The molecule has 0 aliphatic carbocycles. The Morgan fingerprint density at radius 2 is 1.74 bits per heavy atom. The number of nitrogens with zero attached hydrogens (tertiary/aromatic N) is 2. The number of benzene rings is 2. The van der Waals surface area contributed by atoms with Crippen molar-refractivity contribution in [3.8, 4) is 5.75 Å². The number of anilines is 1. The summed E-state index contributed by atoms with van der Waals surface area (Å²) in [4.78, 5) is 16.7. The maximum Gasteiger partial charge on any atom is 0.317 e. The first-order chi connectivity index (χ1) is 12.6. The van der Waals surface area contributed by atoms with Gasteiger partial charge in [-0.2, -0.15) is 0 Å². The molecule has 0 spiro atoms. The van der Waals surface area contributed by atoms with Crippen molar-refractivity contribution >= 4 is 24.1 Å². The van der Waals surface area contributed by atoms with E-state index in [0.29, 0.717) is 6.54 Å². The number of ether oxygens (including phenoxy) is 1. The van der Waals surface area contributed by atoms with E-state index >= 15 is 0 Å². The van der Waals surface area contributed by atoms with E-state index in [1.54, 1.807) is 7.11 Å². The van der Waals surface area contributed by atoms with E-state index in [4.69, 9.17) is 4.74 Å². The van der Waals surface area contributed by atoms with Crippen LogP contribution in [0.25, 0.3) is 0 Å². The van der Waals surface area contributed by atoms with Crippen molar-refractivity contribution in [2.24, 2.45) is 0 Å². The number of halogens is 1. The van der Waals surface area contributed by atoms with Crippen molar-refractivity contribution < 1.29 is 9.53 Å². The van der Waals surface area contributed by atoms with Crippen molar-refractivity contribution in [1.29, 1.82) is 0 Å². The highest BCUT2D eigenvalue weighted by molar-refractivity contribution is 5.85. The molecule has 2 aromatic carbocycles. The molecule has 0 aromatic heterocycles. The maximum absolute atomic E-state index is 12.5. The number of piperazine rings is 1. The zero-order chi connectivity index (χ0) is 18.5. The Morgan fingerprint density at radius 3 is 2.44 bits per heavy atom. The van der Waals surface area contributed by atoms with Gasteiger partial charge in [0.15, 0.2) is 0 Å². The Kier molecular flexibility index (Phi) is 7.36. The number of hydrogen-bond donors (Lipinski definition) is 1. The number of carbonyl (C=O) groups is 1. The lowest BCUT2D eigenvalue weighted by molar-refractivity contribution is 0.194. The smallest absolute Gasteiger partial charge is 0.317 e. The van der Waals surface area contributed by atoms with Gasteiger partial charge >= 0.3 is 6.03 Å². The van der Waals surface area contributed by atoms with E-state index in [1.165, 1.54) is 16.8 Å². The zero-order valence-electron chi connectivity index (χ0n) is 16.2. The fourth-order valence-electron chi connectivity index (χ4n) is 3.36. The van der Waals surface area contributed by atoms with Crippen LogP contribution in [-0.2, 0) is 6.54 Å². The third kappa shape index (κ3) is 4.86. The Balaban J connectivity index is 0.00000261. The first-order valence-corrected chi connectivity index (χ1v) is 9.06. The lowest BCUT2D eigenvalue weighted by Gasteiger charge is -2.37. The highest BCUT2D eigenvalue weighted by atomic mass is 35.5. The highest BCUT2D eigenvalue weighted by Crippen LogP contribution is 2.24. The molecule has 1 aliphatic rings. The molecule has 2 aromatic rings. The van der Waals surface area contributed by atoms with Crippen molar-refractivity contribution in [3.63, 3.8) is 0 Å². The lowest BCUT2D eigenvalue weighted by Crippen LogP contribution is -2.51. The third-order valence-corrected chi connectivity index (χ3v) is 5.11. The summed E-state index contributed by atoms with van der Waals surface area (Å²) in [5.74, 6) is 0.799. The molecule has 27 heavy (non-hydrogen) atoms. The summed E-state index contributed by atoms with van der Waals surface area (Å²) >= 11 is 0. The molecular formula is C21H28ClN3O2. The molecule has 1 fully saturated rings. The number of nitrogens with one attached hydrogen (secondary N) is 1. The minimum absolute atomic E-state index is 0. The molecule has 0 unspecified atom stereocenters. The normalized spacial score (nSPS) is 13.7. The Bertz CT molecular complexity index is 774. The minimum Gasteiger partial charge on any atom is -0.496 e. The number of rotatable bonds is 4. The molecule has 146 valence electrons. The van der Waals surface area contributed by atoms with Crippen LogP contribution in [0.3, 0.4) is 0 Å². The zero-order valence-corrected chi connectivity index (χ0v) is 17.0. The second kappa shape index (κ2) is 9.51. The fourth-order valence-corrected chi connectivity index (χ4v) is 3.36. The van der Waals surface area contributed by atoms with Crippen LogP contribution in [0.15, 0.2) is 42.5 Å². The van der Waals surface area contributed by atoms with Crippen LogP contribution in [0, 0.1) is 13.8 Å². The summed E-state index contributed by atoms with van der Waals surface area (Å²) < 4.78 is 5.34. The largest absolute Gasteiger partial charge is 0.496 e. The summed E-state index contributed by atoms with van der Waals surface area (Å²) in [6.45, 7) is 7.94. The van der Waals surface area contributed by atoms with Gasteiger partial charge in [-0.1, -0.05) is 30.3 Å². The SMILES string of the molecule is COc1ccccc1CNC(=O)N1CCN(c2cccc(C)c2C)CC1.Cl. The van der Waals surface area contributed by atoms with Crippen LogP contribution in [0.5, 0.6) is 5.75 Å². The van der Waals surface area contributed by atoms with Crippen molar-refractivity contribution in [2.45, 2.75) is 20.4 Å². The predicted octanol–water partition coefficient (Wildman–Crippen LogP) is 3.77. The first-order valence-electron chi connectivity index (χ1n) is 9.06. The summed E-state index contributed by atoms with van der Waals surface area (Å²) in [6, 6.07) is 14.1. The maximum atomic E-state index is 12.5. The Labute approximate surface area is 167 Å². The molecule has 1 saturated heterocycles. The molecule has 1 aliphatic heterocycles. The standard InChI is InChI=1S/C21H27N3O2.ClH/c1-16-7-6-9-19(17(16)2)23-11-13-24(14-12-23)21(25)22-15-18-8-4-5-10-20(18)26-3;/h4-10H,11-15H2,1-3H3,(H,22,25);1H. The molecule has 0 saturated carbocycles. The number of carbonyl (C=O) groups excluding carboxylic acids is 1. The summed E-state index contributed by atoms with van der Waals surface area (Å²) in [7, 11) is 1.65. The average molecular weight is 390 g/mol. The lowest BCUT2D eigenvalue weighted by atomic mass is 10.1. The Hall–Kier alpha value is -2.40. The van der Waals surface area contributed by atoms with E-state index in [2.05, 4.69) is 42.3 Å². The Morgan fingerprint density at radius 1 is 1.04 bits per heavy atom. The van der Waals surface area contributed by atoms with Crippen LogP contribution in [0.1, 0.15) is 16.7 Å². The number of amides is 2. The summed E-state index contributed by atoms with van der Waals surface area (Å²) in [5.41, 5.74) is 4.89. The van der Waals surface area contributed by atoms with E-state index in [9.17, 15) is 4.79 Å². The second-order valence-corrected chi connectivity index (χ2v) is 6.66. The van der Waals surface area contributed by atoms with Crippen molar-refractivity contribution in [1.82, 2.24) is 10.2 Å². The molecular weight excluding hydrogens is 362 g/mol. The van der Waals surface area contributed by atoms with Crippen LogP contribution in [0.2, 0.25) is 0 Å². The van der Waals surface area contributed by atoms with Gasteiger partial charge in [-0.05, 0) is 37.1 Å². The highest BCUT2D eigenvalue weighted by Gasteiger charge is 2.22. The van der Waals surface area contributed by atoms with Gasteiger partial charge < -0.3 is 19.9 Å². The van der Waals surface area contributed by atoms with Gasteiger partial charge in [0, 0.05) is 44.0 Å². The molecule has 0 radical (unpaired) electrons. The molecule has 2 amide bonds. The van der Waals surface area contributed by atoms with Crippen molar-refractivity contribution in [2.75, 3.05) is 38.2 Å². The van der Waals surface area contributed by atoms with Gasteiger partial charge in [0.05, 0.1) is 7.11 Å². The van der Waals surface area contributed by atoms with Gasteiger partial charge in [-0.3, -0.25) is 0 Å². The van der Waals surface area contributed by atoms with E-state index in [0.717, 1.165) is 37.5 Å². The van der Waals surface area contributed by atoms with Gasteiger partial charge in [0.25, 0.3) is 0 Å². The van der Waals surface area contributed by atoms with Crippen LogP contribution in [0.4, 0.5) is 10.5 Å². The summed E-state index contributed by atoms with van der Waals surface area (Å²) in [6.07, 6.45) is 0. The topological polar surface area (TPSA) is 44.8 Å². The van der Waals surface area contributed by atoms with E-state index < -0.39 is 0 Å². The molecule has 6 heteroatoms. The van der Waals surface area contributed by atoms with Crippen molar-refractivity contribution in [3.05, 3.63) is 59.2 Å². The molecule has 0 atom stereocenters. The average Bonchev–Trinajstić information content (AvgIpc) is 2.68. The van der Waals surface area contributed by atoms with Gasteiger partial charge in [0.2, 0.25) is 0 Å². The third-order valence-electron chi connectivity index (χ3n) is 5.11. The quantitative estimate of drug-likeness (QED) is 0.865. The number of aryl methyl sites for hydroxylation is 1. The van der Waals surface area contributed by atoms with E-state index in [1.807, 2.05) is 29.2 Å². The fraction of sp³-hybridized carbons (Fsp3) is 0.381. The van der Waals surface area contributed by atoms with Crippen LogP contribution in [-0.4, -0.2) is 44.2 Å². The number of para-hydroxylation sites is 1. The van der Waals surface area contributed by atoms with Gasteiger partial charge in [-0.15, -0.1) is 12.4 Å². The van der Waals surface area contributed by atoms with Gasteiger partial charge in [-0.25, -0.2) is 4.79 Å². The summed E-state index contributed by atoms with van der Waals surface area (Å²) in [5, 5.41) is 3.01. The molecule has 5 nitrogen and oxygen atoms in total. The molecule has 1 heterocycles. The number of methoxy groups -OCH3 is 1. The molecule has 3 rings (SSSR count). The number of urea groups is 1. The van der Waals surface area contributed by atoms with E-state index in [-0.39, 0.29) is 18.4 Å².